The summed E-state index contributed by atoms with van der Waals surface area (Å²) in [5.74, 6) is 1.84. The lowest BCUT2D eigenvalue weighted by Crippen LogP contribution is -2.41. The fourth-order valence-electron chi connectivity index (χ4n) is 2.26. The molecule has 0 aliphatic carbocycles. The van der Waals surface area contributed by atoms with Crippen molar-refractivity contribution in [1.29, 1.82) is 0 Å². The minimum absolute atomic E-state index is 0.831. The fraction of sp³-hybridized carbons (Fsp3) is 0.909. The third-order valence-corrected chi connectivity index (χ3v) is 3.39. The molecule has 0 aromatic heterocycles. The Labute approximate surface area is 92.1 Å². The van der Waals surface area contributed by atoms with Gasteiger partial charge in [0.1, 0.15) is 0 Å². The van der Waals surface area contributed by atoms with E-state index in [1.54, 1.807) is 0 Å². The van der Waals surface area contributed by atoms with Gasteiger partial charge in [-0.15, -0.1) is 0 Å². The minimum atomic E-state index is 0.831. The number of nitrogens with one attached hydrogen (secondary N) is 2. The molecule has 0 aromatic carbocycles. The second-order valence-electron chi connectivity index (χ2n) is 4.42. The summed E-state index contributed by atoms with van der Waals surface area (Å²) < 4.78 is 0. The van der Waals surface area contributed by atoms with E-state index in [1.165, 1.54) is 32.5 Å². The first-order valence-corrected chi connectivity index (χ1v) is 6.13. The second-order valence-corrected chi connectivity index (χ2v) is 4.42. The molecule has 2 rings (SSSR count). The molecule has 0 spiro atoms. The van der Waals surface area contributed by atoms with Crippen molar-refractivity contribution in [2.24, 2.45) is 10.9 Å². The monoisotopic (exact) mass is 210 g/mol. The van der Waals surface area contributed by atoms with Crippen LogP contribution in [-0.2, 0) is 0 Å². The Morgan fingerprint density at radius 2 is 2.27 bits per heavy atom. The zero-order chi connectivity index (χ0) is 10.5. The standard InChI is InChI=1S/C11H22N4/c1-2-15-7-3-10(4-8-15)9-14-11-12-5-6-13-11/h10H,2-9H2,1H3,(H2,12,13,14). The molecule has 15 heavy (non-hydrogen) atoms. The SMILES string of the molecule is CCN1CCC(CNC2=NCCN2)CC1. The van der Waals surface area contributed by atoms with Gasteiger partial charge in [0.25, 0.3) is 0 Å². The summed E-state index contributed by atoms with van der Waals surface area (Å²) in [5, 5.41) is 6.65. The van der Waals surface area contributed by atoms with Crippen LogP contribution in [0.4, 0.5) is 0 Å². The van der Waals surface area contributed by atoms with Crippen LogP contribution in [0.1, 0.15) is 19.8 Å². The number of piperidine rings is 1. The van der Waals surface area contributed by atoms with Gasteiger partial charge in [0.15, 0.2) is 5.96 Å². The van der Waals surface area contributed by atoms with Crippen molar-refractivity contribution in [3.8, 4) is 0 Å². The predicted molar refractivity (Wildman–Crippen MR) is 63.1 cm³/mol. The molecule has 86 valence electrons. The lowest BCUT2D eigenvalue weighted by atomic mass is 9.97. The van der Waals surface area contributed by atoms with Gasteiger partial charge >= 0.3 is 0 Å². The summed E-state index contributed by atoms with van der Waals surface area (Å²) in [6.07, 6.45) is 2.66. The summed E-state index contributed by atoms with van der Waals surface area (Å²) in [6.45, 7) is 8.99. The van der Waals surface area contributed by atoms with Gasteiger partial charge in [-0.25, -0.2) is 0 Å². The molecular formula is C11H22N4. The molecule has 4 nitrogen and oxygen atoms in total. The lowest BCUT2D eigenvalue weighted by molar-refractivity contribution is 0.193. The number of likely N-dealkylation sites (tertiary alicyclic amines) is 1. The summed E-state index contributed by atoms with van der Waals surface area (Å²) in [6, 6.07) is 0. The van der Waals surface area contributed by atoms with Gasteiger partial charge < -0.3 is 15.5 Å². The topological polar surface area (TPSA) is 39.7 Å². The first-order valence-electron chi connectivity index (χ1n) is 6.13. The maximum Gasteiger partial charge on any atom is 0.191 e. The van der Waals surface area contributed by atoms with E-state index in [2.05, 4.69) is 27.4 Å². The van der Waals surface area contributed by atoms with Crippen LogP contribution in [-0.4, -0.2) is 50.1 Å². The molecule has 0 aromatic rings. The molecule has 0 saturated carbocycles. The van der Waals surface area contributed by atoms with E-state index in [1.807, 2.05) is 0 Å². The van der Waals surface area contributed by atoms with E-state index in [9.17, 15) is 0 Å². The normalized spacial score (nSPS) is 23.7. The van der Waals surface area contributed by atoms with E-state index in [-0.39, 0.29) is 0 Å². The van der Waals surface area contributed by atoms with Crippen LogP contribution < -0.4 is 10.6 Å². The smallest absolute Gasteiger partial charge is 0.191 e. The maximum atomic E-state index is 4.34. The van der Waals surface area contributed by atoms with Gasteiger partial charge in [-0.1, -0.05) is 6.92 Å². The van der Waals surface area contributed by atoms with Gasteiger partial charge in [0, 0.05) is 13.1 Å². The highest BCUT2D eigenvalue weighted by Crippen LogP contribution is 2.15. The van der Waals surface area contributed by atoms with Crippen molar-refractivity contribution in [2.75, 3.05) is 39.3 Å². The molecule has 0 atom stereocenters. The van der Waals surface area contributed by atoms with Crippen molar-refractivity contribution in [1.82, 2.24) is 15.5 Å². The number of rotatable bonds is 3. The fourth-order valence-corrected chi connectivity index (χ4v) is 2.26. The first-order chi connectivity index (χ1) is 7.38. The van der Waals surface area contributed by atoms with Crippen LogP contribution in [0.15, 0.2) is 4.99 Å². The number of nitrogens with zero attached hydrogens (tertiary/aromatic N) is 2. The highest BCUT2D eigenvalue weighted by molar-refractivity contribution is 5.81. The number of aliphatic imine (C=N–C) groups is 1. The van der Waals surface area contributed by atoms with Crippen LogP contribution in [0.3, 0.4) is 0 Å². The van der Waals surface area contributed by atoms with Crippen molar-refractivity contribution in [3.05, 3.63) is 0 Å². The number of guanidine groups is 1. The molecule has 0 amide bonds. The summed E-state index contributed by atoms with van der Waals surface area (Å²) >= 11 is 0. The Hall–Kier alpha value is -0.770. The van der Waals surface area contributed by atoms with Gasteiger partial charge in [-0.2, -0.15) is 0 Å². The maximum absolute atomic E-state index is 4.34. The Bertz CT molecular complexity index is 219. The Balaban J connectivity index is 1.64. The minimum Gasteiger partial charge on any atom is -0.356 e. The molecule has 2 N–H and O–H groups in total. The van der Waals surface area contributed by atoms with Crippen LogP contribution in [0.2, 0.25) is 0 Å². The molecule has 2 aliphatic rings. The number of hydrogen-bond donors (Lipinski definition) is 2. The second kappa shape index (κ2) is 5.35. The largest absolute Gasteiger partial charge is 0.356 e. The quantitative estimate of drug-likeness (QED) is 0.702. The van der Waals surface area contributed by atoms with E-state index in [4.69, 9.17) is 0 Å². The molecular weight excluding hydrogens is 188 g/mol. The van der Waals surface area contributed by atoms with Gasteiger partial charge in [-0.05, 0) is 38.4 Å². The van der Waals surface area contributed by atoms with Gasteiger partial charge in [-0.3, -0.25) is 4.99 Å². The average molecular weight is 210 g/mol. The molecule has 1 fully saturated rings. The van der Waals surface area contributed by atoms with E-state index in [0.29, 0.717) is 0 Å². The van der Waals surface area contributed by atoms with Crippen molar-refractivity contribution >= 4 is 5.96 Å². The number of hydrogen-bond acceptors (Lipinski definition) is 4. The Morgan fingerprint density at radius 3 is 2.87 bits per heavy atom. The van der Waals surface area contributed by atoms with Crippen LogP contribution in [0.25, 0.3) is 0 Å². The third-order valence-electron chi connectivity index (χ3n) is 3.39. The van der Waals surface area contributed by atoms with Crippen molar-refractivity contribution < 1.29 is 0 Å². The molecule has 0 radical (unpaired) electrons. The zero-order valence-electron chi connectivity index (χ0n) is 9.63. The molecule has 2 aliphatic heterocycles. The van der Waals surface area contributed by atoms with E-state index >= 15 is 0 Å². The van der Waals surface area contributed by atoms with Gasteiger partial charge in [0.2, 0.25) is 0 Å². The summed E-state index contributed by atoms with van der Waals surface area (Å²) in [4.78, 5) is 6.86. The van der Waals surface area contributed by atoms with Crippen LogP contribution in [0, 0.1) is 5.92 Å². The Kier molecular flexibility index (Phi) is 3.83. The van der Waals surface area contributed by atoms with Crippen molar-refractivity contribution in [3.63, 3.8) is 0 Å². The van der Waals surface area contributed by atoms with Gasteiger partial charge in [0.05, 0.1) is 6.54 Å². The average Bonchev–Trinajstić information content (AvgIpc) is 2.80. The first kappa shape index (κ1) is 10.7. The van der Waals surface area contributed by atoms with Crippen LogP contribution in [0.5, 0.6) is 0 Å². The van der Waals surface area contributed by atoms with E-state index in [0.717, 1.165) is 31.5 Å². The van der Waals surface area contributed by atoms with Crippen molar-refractivity contribution in [2.45, 2.75) is 19.8 Å². The molecule has 4 heteroatoms. The molecule has 0 bridgehead atoms. The molecule has 2 heterocycles. The third kappa shape index (κ3) is 3.09. The highest BCUT2D eigenvalue weighted by atomic mass is 15.2. The lowest BCUT2D eigenvalue weighted by Gasteiger charge is -2.31. The molecule has 0 unspecified atom stereocenters. The highest BCUT2D eigenvalue weighted by Gasteiger charge is 2.18. The Morgan fingerprint density at radius 1 is 1.47 bits per heavy atom. The van der Waals surface area contributed by atoms with E-state index < -0.39 is 0 Å². The predicted octanol–water partition coefficient (Wildman–Crippen LogP) is 0.267. The molecule has 1 saturated heterocycles. The zero-order valence-corrected chi connectivity index (χ0v) is 9.63. The van der Waals surface area contributed by atoms with Crippen LogP contribution >= 0.6 is 0 Å². The summed E-state index contributed by atoms with van der Waals surface area (Å²) in [7, 11) is 0. The summed E-state index contributed by atoms with van der Waals surface area (Å²) in [5.41, 5.74) is 0.